The Labute approximate surface area is 173 Å². The Bertz CT molecular complexity index is 1080. The Morgan fingerprint density at radius 3 is 2.41 bits per heavy atom. The van der Waals surface area contributed by atoms with Gasteiger partial charge in [-0.05, 0) is 61.6 Å². The van der Waals surface area contributed by atoms with E-state index in [1.165, 1.54) is 22.2 Å². The van der Waals surface area contributed by atoms with Crippen molar-refractivity contribution in [1.82, 2.24) is 9.55 Å². The van der Waals surface area contributed by atoms with Gasteiger partial charge in [-0.1, -0.05) is 55.5 Å². The Morgan fingerprint density at radius 1 is 0.862 bits per heavy atom. The molecule has 0 aliphatic carbocycles. The SMILES string of the molecule is CCc1ccc(OCCCCn2c(-c3ccccc3C)nc3ccccc32)cc1. The second kappa shape index (κ2) is 8.95. The molecule has 0 N–H and O–H groups in total. The molecule has 3 nitrogen and oxygen atoms in total. The molecule has 4 aromatic rings. The summed E-state index contributed by atoms with van der Waals surface area (Å²) in [5.41, 5.74) is 6.05. The summed E-state index contributed by atoms with van der Waals surface area (Å²) >= 11 is 0. The fourth-order valence-corrected chi connectivity index (χ4v) is 3.71. The molecule has 0 fully saturated rings. The molecular weight excluding hydrogens is 356 g/mol. The van der Waals surface area contributed by atoms with E-state index in [2.05, 4.69) is 91.2 Å². The summed E-state index contributed by atoms with van der Waals surface area (Å²) in [7, 11) is 0. The van der Waals surface area contributed by atoms with E-state index in [-0.39, 0.29) is 0 Å². The summed E-state index contributed by atoms with van der Waals surface area (Å²) in [6, 6.07) is 25.3. The van der Waals surface area contributed by atoms with Gasteiger partial charge < -0.3 is 9.30 Å². The number of unbranched alkanes of at least 4 members (excludes halogenated alkanes) is 1. The number of ether oxygens (including phenoxy) is 1. The van der Waals surface area contributed by atoms with Crippen LogP contribution in [0, 0.1) is 6.92 Å². The average molecular weight is 385 g/mol. The molecule has 0 unspecified atom stereocenters. The summed E-state index contributed by atoms with van der Waals surface area (Å²) in [6.45, 7) is 5.98. The van der Waals surface area contributed by atoms with Crippen LogP contribution in [0.15, 0.2) is 72.8 Å². The molecule has 1 heterocycles. The third kappa shape index (κ3) is 4.34. The highest BCUT2D eigenvalue weighted by Crippen LogP contribution is 2.27. The van der Waals surface area contributed by atoms with Gasteiger partial charge in [0.25, 0.3) is 0 Å². The predicted octanol–water partition coefficient (Wildman–Crippen LogP) is 6.43. The molecule has 0 saturated carbocycles. The molecule has 0 atom stereocenters. The summed E-state index contributed by atoms with van der Waals surface area (Å²) < 4.78 is 8.28. The summed E-state index contributed by atoms with van der Waals surface area (Å²) in [5.74, 6) is 2.01. The van der Waals surface area contributed by atoms with Crippen molar-refractivity contribution in [2.45, 2.75) is 39.7 Å². The van der Waals surface area contributed by atoms with Gasteiger partial charge in [0.05, 0.1) is 17.6 Å². The smallest absolute Gasteiger partial charge is 0.141 e. The molecule has 0 spiro atoms. The highest BCUT2D eigenvalue weighted by molar-refractivity contribution is 5.81. The van der Waals surface area contributed by atoms with Crippen molar-refractivity contribution in [3.8, 4) is 17.1 Å². The summed E-state index contributed by atoms with van der Waals surface area (Å²) in [4.78, 5) is 4.94. The van der Waals surface area contributed by atoms with E-state index in [1.54, 1.807) is 0 Å². The maximum absolute atomic E-state index is 5.92. The molecule has 3 aromatic carbocycles. The van der Waals surface area contributed by atoms with Crippen LogP contribution in [0.2, 0.25) is 0 Å². The third-order valence-corrected chi connectivity index (χ3v) is 5.42. The van der Waals surface area contributed by atoms with Crippen LogP contribution in [0.1, 0.15) is 30.9 Å². The van der Waals surface area contributed by atoms with E-state index in [4.69, 9.17) is 9.72 Å². The Hall–Kier alpha value is -3.07. The number of benzene rings is 3. The lowest BCUT2D eigenvalue weighted by Crippen LogP contribution is -2.04. The molecular formula is C26H28N2O. The van der Waals surface area contributed by atoms with Gasteiger partial charge in [-0.3, -0.25) is 0 Å². The van der Waals surface area contributed by atoms with Crippen molar-refractivity contribution in [3.05, 3.63) is 83.9 Å². The second-order valence-corrected chi connectivity index (χ2v) is 7.44. The first kappa shape index (κ1) is 19.3. The first-order valence-corrected chi connectivity index (χ1v) is 10.5. The minimum absolute atomic E-state index is 0.734. The number of aryl methyl sites for hydroxylation is 3. The van der Waals surface area contributed by atoms with Crippen LogP contribution in [-0.2, 0) is 13.0 Å². The predicted molar refractivity (Wildman–Crippen MR) is 120 cm³/mol. The number of hydrogen-bond acceptors (Lipinski definition) is 2. The monoisotopic (exact) mass is 384 g/mol. The van der Waals surface area contributed by atoms with Crippen molar-refractivity contribution in [3.63, 3.8) is 0 Å². The maximum Gasteiger partial charge on any atom is 0.141 e. The van der Waals surface area contributed by atoms with Gasteiger partial charge in [-0.2, -0.15) is 0 Å². The number of aromatic nitrogens is 2. The average Bonchev–Trinajstić information content (AvgIpc) is 3.12. The highest BCUT2D eigenvalue weighted by atomic mass is 16.5. The van der Waals surface area contributed by atoms with Gasteiger partial charge in [-0.25, -0.2) is 4.98 Å². The van der Waals surface area contributed by atoms with Gasteiger partial charge in [0.15, 0.2) is 0 Å². The summed E-state index contributed by atoms with van der Waals surface area (Å²) in [6.07, 6.45) is 3.11. The van der Waals surface area contributed by atoms with E-state index >= 15 is 0 Å². The molecule has 4 rings (SSSR count). The fourth-order valence-electron chi connectivity index (χ4n) is 3.71. The van der Waals surface area contributed by atoms with Gasteiger partial charge in [0.2, 0.25) is 0 Å². The number of hydrogen-bond donors (Lipinski definition) is 0. The Kier molecular flexibility index (Phi) is 5.95. The quantitative estimate of drug-likeness (QED) is 0.327. The third-order valence-electron chi connectivity index (χ3n) is 5.42. The van der Waals surface area contributed by atoms with Crippen LogP contribution < -0.4 is 4.74 Å². The largest absolute Gasteiger partial charge is 0.494 e. The van der Waals surface area contributed by atoms with Crippen LogP contribution in [0.4, 0.5) is 0 Å². The highest BCUT2D eigenvalue weighted by Gasteiger charge is 2.13. The lowest BCUT2D eigenvalue weighted by atomic mass is 10.1. The van der Waals surface area contributed by atoms with Crippen molar-refractivity contribution in [2.75, 3.05) is 6.61 Å². The normalized spacial score (nSPS) is 11.1. The number of fused-ring (bicyclic) bond motifs is 1. The molecule has 148 valence electrons. The van der Waals surface area contributed by atoms with Crippen LogP contribution >= 0.6 is 0 Å². The van der Waals surface area contributed by atoms with Crippen molar-refractivity contribution in [2.24, 2.45) is 0 Å². The molecule has 0 saturated heterocycles. The van der Waals surface area contributed by atoms with E-state index in [1.807, 2.05) is 0 Å². The van der Waals surface area contributed by atoms with E-state index in [0.29, 0.717) is 0 Å². The van der Waals surface area contributed by atoms with Gasteiger partial charge >= 0.3 is 0 Å². The Morgan fingerprint density at radius 2 is 1.62 bits per heavy atom. The molecule has 3 heteroatoms. The van der Waals surface area contributed by atoms with Crippen LogP contribution in [0.3, 0.4) is 0 Å². The van der Waals surface area contributed by atoms with Crippen LogP contribution in [0.5, 0.6) is 5.75 Å². The summed E-state index contributed by atoms with van der Waals surface area (Å²) in [5, 5.41) is 0. The van der Waals surface area contributed by atoms with Gasteiger partial charge in [0, 0.05) is 12.1 Å². The van der Waals surface area contributed by atoms with Crippen LogP contribution in [-0.4, -0.2) is 16.2 Å². The second-order valence-electron chi connectivity index (χ2n) is 7.44. The van der Waals surface area contributed by atoms with Crippen molar-refractivity contribution in [1.29, 1.82) is 0 Å². The fraction of sp³-hybridized carbons (Fsp3) is 0.269. The number of rotatable bonds is 8. The molecule has 0 radical (unpaired) electrons. The maximum atomic E-state index is 5.92. The minimum atomic E-state index is 0.734. The zero-order valence-corrected chi connectivity index (χ0v) is 17.3. The van der Waals surface area contributed by atoms with Gasteiger partial charge in [-0.15, -0.1) is 0 Å². The number of nitrogens with zero attached hydrogens (tertiary/aromatic N) is 2. The first-order valence-electron chi connectivity index (χ1n) is 10.5. The molecule has 29 heavy (non-hydrogen) atoms. The Balaban J connectivity index is 1.44. The van der Waals surface area contributed by atoms with Crippen LogP contribution in [0.25, 0.3) is 22.4 Å². The zero-order chi connectivity index (χ0) is 20.1. The molecule has 0 aliphatic rings. The number of imidazole rings is 1. The molecule has 1 aromatic heterocycles. The standard InChI is InChI=1S/C26H28N2O/c1-3-21-14-16-22(17-15-21)29-19-9-8-18-28-25-13-7-6-12-24(25)27-26(28)23-11-5-4-10-20(23)2/h4-7,10-17H,3,8-9,18-19H2,1-2H3. The van der Waals surface area contributed by atoms with Gasteiger partial charge in [0.1, 0.15) is 11.6 Å². The lowest BCUT2D eigenvalue weighted by Gasteiger charge is -2.12. The molecule has 0 amide bonds. The van der Waals surface area contributed by atoms with E-state index in [0.717, 1.165) is 49.5 Å². The number of para-hydroxylation sites is 2. The van der Waals surface area contributed by atoms with E-state index < -0.39 is 0 Å². The molecule has 0 bridgehead atoms. The van der Waals surface area contributed by atoms with E-state index in [9.17, 15) is 0 Å². The minimum Gasteiger partial charge on any atom is -0.494 e. The van der Waals surface area contributed by atoms with Crippen molar-refractivity contribution >= 4 is 11.0 Å². The first-order chi connectivity index (χ1) is 14.3. The lowest BCUT2D eigenvalue weighted by molar-refractivity contribution is 0.303. The zero-order valence-electron chi connectivity index (χ0n) is 17.3. The topological polar surface area (TPSA) is 27.1 Å². The van der Waals surface area contributed by atoms with Crippen molar-refractivity contribution < 1.29 is 4.74 Å². The molecule has 0 aliphatic heterocycles.